The highest BCUT2D eigenvalue weighted by Crippen LogP contribution is 2.35. The summed E-state index contributed by atoms with van der Waals surface area (Å²) in [5, 5.41) is 7.90. The number of nitrogen functional groups attached to an aromatic ring is 1. The smallest absolute Gasteiger partial charge is 0.296 e. The van der Waals surface area contributed by atoms with E-state index in [0.717, 1.165) is 6.07 Å². The molecule has 0 radical (unpaired) electrons. The van der Waals surface area contributed by atoms with Crippen molar-refractivity contribution in [3.05, 3.63) is 42.5 Å². The maximum absolute atomic E-state index is 11.2. The first kappa shape index (κ1) is 14.9. The van der Waals surface area contributed by atoms with E-state index in [1.54, 1.807) is 24.3 Å². The van der Waals surface area contributed by atoms with E-state index in [1.807, 2.05) is 6.07 Å². The first-order chi connectivity index (χ1) is 9.91. The van der Waals surface area contributed by atoms with Gasteiger partial charge >= 0.3 is 0 Å². The molecule has 0 aromatic heterocycles. The van der Waals surface area contributed by atoms with Crippen LogP contribution in [-0.2, 0) is 10.1 Å². The van der Waals surface area contributed by atoms with Crippen LogP contribution in [0.15, 0.2) is 57.6 Å². The summed E-state index contributed by atoms with van der Waals surface area (Å²) in [6.07, 6.45) is 0. The number of anilines is 1. The van der Waals surface area contributed by atoms with Crippen molar-refractivity contribution in [2.45, 2.75) is 4.90 Å². The minimum Gasteiger partial charge on any atom is -0.494 e. The zero-order valence-electron chi connectivity index (χ0n) is 11.1. The number of ether oxygens (including phenoxy) is 1. The van der Waals surface area contributed by atoms with Crippen LogP contribution in [0.3, 0.4) is 0 Å². The second-order valence-electron chi connectivity index (χ2n) is 4.07. The number of nitrogens with two attached hydrogens (primary N) is 1. The molecule has 0 spiro atoms. The number of methoxy groups -OCH3 is 1. The van der Waals surface area contributed by atoms with Gasteiger partial charge in [-0.1, -0.05) is 18.2 Å². The van der Waals surface area contributed by atoms with Crippen LogP contribution in [0.5, 0.6) is 5.75 Å². The van der Waals surface area contributed by atoms with Gasteiger partial charge in [0.1, 0.15) is 16.3 Å². The molecule has 21 heavy (non-hydrogen) atoms. The Hall–Kier alpha value is -2.45. The summed E-state index contributed by atoms with van der Waals surface area (Å²) in [5.41, 5.74) is 6.17. The molecule has 2 aromatic carbocycles. The summed E-state index contributed by atoms with van der Waals surface area (Å²) >= 11 is 0. The lowest BCUT2D eigenvalue weighted by atomic mass is 10.2. The molecule has 0 saturated carbocycles. The Bertz CT molecular complexity index is 774. The van der Waals surface area contributed by atoms with Gasteiger partial charge in [0.2, 0.25) is 0 Å². The lowest BCUT2D eigenvalue weighted by Crippen LogP contribution is -2.03. The molecule has 0 atom stereocenters. The number of hydrogen-bond donors (Lipinski definition) is 2. The van der Waals surface area contributed by atoms with Gasteiger partial charge < -0.3 is 10.5 Å². The van der Waals surface area contributed by atoms with E-state index in [1.165, 1.54) is 13.2 Å². The summed E-state index contributed by atoms with van der Waals surface area (Å²) in [6.45, 7) is 0. The van der Waals surface area contributed by atoms with E-state index >= 15 is 0 Å². The Labute approximate surface area is 121 Å². The van der Waals surface area contributed by atoms with Crippen molar-refractivity contribution in [3.8, 4) is 5.75 Å². The Morgan fingerprint density at radius 2 is 1.81 bits per heavy atom. The van der Waals surface area contributed by atoms with Crippen molar-refractivity contribution in [1.29, 1.82) is 0 Å². The van der Waals surface area contributed by atoms with Crippen molar-refractivity contribution in [2.75, 3.05) is 12.8 Å². The first-order valence-electron chi connectivity index (χ1n) is 5.83. The number of nitrogens with zero attached hydrogens (tertiary/aromatic N) is 2. The van der Waals surface area contributed by atoms with Crippen molar-refractivity contribution in [3.63, 3.8) is 0 Å². The van der Waals surface area contributed by atoms with Crippen molar-refractivity contribution >= 4 is 27.2 Å². The van der Waals surface area contributed by atoms with Crippen LogP contribution in [0.4, 0.5) is 17.1 Å². The van der Waals surface area contributed by atoms with Crippen LogP contribution in [0.1, 0.15) is 0 Å². The largest absolute Gasteiger partial charge is 0.494 e. The molecule has 0 heterocycles. The Morgan fingerprint density at radius 1 is 1.14 bits per heavy atom. The predicted octanol–water partition coefficient (Wildman–Crippen LogP) is 2.94. The average molecular weight is 307 g/mol. The third-order valence-electron chi connectivity index (χ3n) is 2.62. The van der Waals surface area contributed by atoms with E-state index in [2.05, 4.69) is 10.2 Å². The summed E-state index contributed by atoms with van der Waals surface area (Å²) in [5.74, 6) is 0.250. The van der Waals surface area contributed by atoms with E-state index in [-0.39, 0.29) is 17.1 Å². The fourth-order valence-corrected chi connectivity index (χ4v) is 2.25. The van der Waals surface area contributed by atoms with Gasteiger partial charge in [0.15, 0.2) is 0 Å². The van der Waals surface area contributed by atoms with E-state index in [9.17, 15) is 8.42 Å². The summed E-state index contributed by atoms with van der Waals surface area (Å²) in [6, 6.07) is 11.3. The van der Waals surface area contributed by atoms with E-state index < -0.39 is 15.0 Å². The quantitative estimate of drug-likeness (QED) is 0.512. The standard InChI is InChI=1S/C13H13N3O4S/c1-20-12-7-10(14)13(21(17,18)19)8-11(12)16-15-9-5-3-2-4-6-9/h2-8H,14H2,1H3,(H,17,18,19). The number of azo groups is 1. The zero-order chi connectivity index (χ0) is 15.5. The average Bonchev–Trinajstić information content (AvgIpc) is 2.45. The molecule has 2 aromatic rings. The van der Waals surface area contributed by atoms with Gasteiger partial charge in [-0.15, -0.1) is 5.11 Å². The Kier molecular flexibility index (Phi) is 4.20. The number of rotatable bonds is 4. The molecule has 0 bridgehead atoms. The third kappa shape index (κ3) is 3.56. The van der Waals surface area contributed by atoms with Gasteiger partial charge in [0, 0.05) is 6.07 Å². The van der Waals surface area contributed by atoms with Crippen LogP contribution in [0.2, 0.25) is 0 Å². The Balaban J connectivity index is 2.50. The molecule has 3 N–H and O–H groups in total. The van der Waals surface area contributed by atoms with Crippen LogP contribution in [0, 0.1) is 0 Å². The van der Waals surface area contributed by atoms with Gasteiger partial charge in [-0.25, -0.2) is 0 Å². The first-order valence-corrected chi connectivity index (χ1v) is 7.27. The number of benzene rings is 2. The van der Waals surface area contributed by atoms with Gasteiger partial charge in [-0.3, -0.25) is 4.55 Å². The summed E-state index contributed by atoms with van der Waals surface area (Å²) in [7, 11) is -3.05. The third-order valence-corrected chi connectivity index (χ3v) is 3.53. The zero-order valence-corrected chi connectivity index (χ0v) is 11.9. The molecule has 8 heteroatoms. The van der Waals surface area contributed by atoms with Crippen LogP contribution in [-0.4, -0.2) is 20.1 Å². The lowest BCUT2D eigenvalue weighted by molar-refractivity contribution is 0.415. The van der Waals surface area contributed by atoms with Crippen LogP contribution >= 0.6 is 0 Å². The molecule has 0 fully saturated rings. The minimum absolute atomic E-state index is 0.131. The topological polar surface area (TPSA) is 114 Å². The molecule has 0 amide bonds. The SMILES string of the molecule is COc1cc(N)c(S(=O)(=O)O)cc1N=Nc1ccccc1. The monoisotopic (exact) mass is 307 g/mol. The second-order valence-corrected chi connectivity index (χ2v) is 5.46. The van der Waals surface area contributed by atoms with Crippen LogP contribution < -0.4 is 10.5 Å². The second kappa shape index (κ2) is 5.90. The molecule has 0 aliphatic carbocycles. The fourth-order valence-electron chi connectivity index (χ4n) is 1.64. The maximum Gasteiger partial charge on any atom is 0.296 e. The van der Waals surface area contributed by atoms with Gasteiger partial charge in [-0.2, -0.15) is 13.5 Å². The molecular formula is C13H13N3O4S. The molecular weight excluding hydrogens is 294 g/mol. The molecule has 0 saturated heterocycles. The highest BCUT2D eigenvalue weighted by atomic mass is 32.2. The molecule has 110 valence electrons. The maximum atomic E-state index is 11.2. The minimum atomic E-state index is -4.45. The molecule has 0 aliphatic heterocycles. The van der Waals surface area contributed by atoms with Gasteiger partial charge in [-0.05, 0) is 18.2 Å². The molecule has 7 nitrogen and oxygen atoms in total. The fraction of sp³-hybridized carbons (Fsp3) is 0.0769. The summed E-state index contributed by atoms with van der Waals surface area (Å²) in [4.78, 5) is -0.440. The molecule has 0 aliphatic rings. The van der Waals surface area contributed by atoms with Crippen molar-refractivity contribution in [2.24, 2.45) is 10.2 Å². The number of hydrogen-bond acceptors (Lipinski definition) is 6. The van der Waals surface area contributed by atoms with Crippen LogP contribution in [0.25, 0.3) is 0 Å². The normalized spacial score (nSPS) is 11.7. The van der Waals surface area contributed by atoms with E-state index in [0.29, 0.717) is 5.69 Å². The highest BCUT2D eigenvalue weighted by Gasteiger charge is 2.18. The molecule has 2 rings (SSSR count). The molecule has 0 unspecified atom stereocenters. The van der Waals surface area contributed by atoms with Gasteiger partial charge in [0.05, 0.1) is 18.5 Å². The summed E-state index contributed by atoms with van der Waals surface area (Å²) < 4.78 is 36.7. The highest BCUT2D eigenvalue weighted by molar-refractivity contribution is 7.86. The predicted molar refractivity (Wildman–Crippen MR) is 77.8 cm³/mol. The van der Waals surface area contributed by atoms with Crippen molar-refractivity contribution in [1.82, 2.24) is 0 Å². The van der Waals surface area contributed by atoms with Crippen molar-refractivity contribution < 1.29 is 17.7 Å². The van der Waals surface area contributed by atoms with E-state index in [4.69, 9.17) is 15.0 Å². The Morgan fingerprint density at radius 3 is 2.38 bits per heavy atom. The van der Waals surface area contributed by atoms with Gasteiger partial charge in [0.25, 0.3) is 10.1 Å². The lowest BCUT2D eigenvalue weighted by Gasteiger charge is -2.08.